The normalized spacial score (nSPS) is 8.30. The molecular weight excluding hydrogens is 142 g/mol. The Balaban J connectivity index is 0.000000236. The predicted molar refractivity (Wildman–Crippen MR) is 48.7 cm³/mol. The van der Waals surface area contributed by atoms with Gasteiger partial charge in [0.25, 0.3) is 0 Å². The van der Waals surface area contributed by atoms with Crippen LogP contribution in [0.1, 0.15) is 11.8 Å². The highest BCUT2D eigenvalue weighted by Gasteiger charge is 1.82. The molecule has 0 unspecified atom stereocenters. The first-order valence-corrected chi connectivity index (χ1v) is 4.34. The van der Waals surface area contributed by atoms with E-state index in [2.05, 4.69) is 29.8 Å². The summed E-state index contributed by atoms with van der Waals surface area (Å²) in [5.74, 6) is 0. The Hall–Kier alpha value is -0.340. The van der Waals surface area contributed by atoms with Gasteiger partial charge in [-0.3, -0.25) is 0 Å². The van der Waals surface area contributed by atoms with Crippen molar-refractivity contribution in [1.29, 1.82) is 0 Å². The predicted octanol–water partition coefficient (Wildman–Crippen LogP) is 2.15. The first-order valence-electron chi connectivity index (χ1n) is 3.46. The highest BCUT2D eigenvalue weighted by Crippen LogP contribution is 2.07. The molecule has 0 aliphatic heterocycles. The van der Waals surface area contributed by atoms with Gasteiger partial charge in [0, 0.05) is 4.88 Å². The molecular formula is C8H15NS. The number of nitrogens with one attached hydrogen (secondary N) is 1. The quantitative estimate of drug-likeness (QED) is 0.658. The van der Waals surface area contributed by atoms with Crippen LogP contribution >= 0.6 is 11.3 Å². The summed E-state index contributed by atoms with van der Waals surface area (Å²) < 4.78 is 0. The SMILES string of the molecule is CCc1cccs1.CNC. The average molecular weight is 157 g/mol. The van der Waals surface area contributed by atoms with E-state index >= 15 is 0 Å². The Morgan fingerprint density at radius 1 is 1.50 bits per heavy atom. The molecule has 58 valence electrons. The van der Waals surface area contributed by atoms with Gasteiger partial charge in [0.15, 0.2) is 0 Å². The van der Waals surface area contributed by atoms with E-state index in [1.807, 2.05) is 25.4 Å². The summed E-state index contributed by atoms with van der Waals surface area (Å²) in [7, 11) is 3.75. The van der Waals surface area contributed by atoms with Gasteiger partial charge in [-0.2, -0.15) is 0 Å². The van der Waals surface area contributed by atoms with Gasteiger partial charge >= 0.3 is 0 Å². The number of aryl methyl sites for hydroxylation is 1. The van der Waals surface area contributed by atoms with Crippen LogP contribution in [0, 0.1) is 0 Å². The molecule has 0 saturated heterocycles. The van der Waals surface area contributed by atoms with Gasteiger partial charge in [-0.25, -0.2) is 0 Å². The average Bonchev–Trinajstić information content (AvgIpc) is 2.39. The van der Waals surface area contributed by atoms with Crippen LogP contribution in [0.25, 0.3) is 0 Å². The van der Waals surface area contributed by atoms with Gasteiger partial charge in [-0.1, -0.05) is 13.0 Å². The highest BCUT2D eigenvalue weighted by molar-refractivity contribution is 7.09. The van der Waals surface area contributed by atoms with Crippen molar-refractivity contribution in [3.05, 3.63) is 22.4 Å². The molecule has 10 heavy (non-hydrogen) atoms. The third-order valence-corrected chi connectivity index (χ3v) is 1.95. The summed E-state index contributed by atoms with van der Waals surface area (Å²) in [5, 5.41) is 4.86. The van der Waals surface area contributed by atoms with E-state index in [9.17, 15) is 0 Å². The molecule has 1 aromatic rings. The van der Waals surface area contributed by atoms with E-state index in [1.54, 1.807) is 0 Å². The Labute approximate surface area is 67.1 Å². The monoisotopic (exact) mass is 157 g/mol. The summed E-state index contributed by atoms with van der Waals surface area (Å²) in [5.41, 5.74) is 0. The van der Waals surface area contributed by atoms with E-state index in [-0.39, 0.29) is 0 Å². The molecule has 0 atom stereocenters. The molecule has 0 aromatic carbocycles. The third kappa shape index (κ3) is 4.53. The zero-order valence-corrected chi connectivity index (χ0v) is 7.66. The Morgan fingerprint density at radius 3 is 2.30 bits per heavy atom. The summed E-state index contributed by atoms with van der Waals surface area (Å²) in [4.78, 5) is 1.47. The molecule has 0 radical (unpaired) electrons. The van der Waals surface area contributed by atoms with Crippen molar-refractivity contribution >= 4 is 11.3 Å². The van der Waals surface area contributed by atoms with Gasteiger partial charge < -0.3 is 5.32 Å². The highest BCUT2D eigenvalue weighted by atomic mass is 32.1. The Morgan fingerprint density at radius 2 is 2.10 bits per heavy atom. The molecule has 0 fully saturated rings. The lowest BCUT2D eigenvalue weighted by Gasteiger charge is -1.78. The van der Waals surface area contributed by atoms with Crippen LogP contribution in [-0.4, -0.2) is 14.1 Å². The van der Waals surface area contributed by atoms with Crippen LogP contribution in [0.3, 0.4) is 0 Å². The first-order chi connectivity index (χ1) is 4.85. The fraction of sp³-hybridized carbons (Fsp3) is 0.500. The molecule has 1 heterocycles. The molecule has 0 aliphatic carbocycles. The minimum absolute atomic E-state index is 1.18. The fourth-order valence-corrected chi connectivity index (χ4v) is 1.17. The summed E-state index contributed by atoms with van der Waals surface area (Å²) >= 11 is 1.82. The van der Waals surface area contributed by atoms with E-state index in [0.29, 0.717) is 0 Å². The molecule has 1 rings (SSSR count). The van der Waals surface area contributed by atoms with Crippen LogP contribution in [-0.2, 0) is 6.42 Å². The van der Waals surface area contributed by atoms with Crippen LogP contribution in [0.2, 0.25) is 0 Å². The van der Waals surface area contributed by atoms with Crippen LogP contribution in [0.15, 0.2) is 17.5 Å². The third-order valence-electron chi connectivity index (χ3n) is 0.929. The lowest BCUT2D eigenvalue weighted by Crippen LogP contribution is -1.89. The molecule has 1 nitrogen and oxygen atoms in total. The zero-order chi connectivity index (χ0) is 7.82. The number of rotatable bonds is 1. The van der Waals surface area contributed by atoms with Crippen molar-refractivity contribution in [2.75, 3.05) is 14.1 Å². The molecule has 1 aromatic heterocycles. The summed E-state index contributed by atoms with van der Waals surface area (Å²) in [6.45, 7) is 2.17. The standard InChI is InChI=1S/C6H8S.C2H7N/c1-2-6-4-3-5-7-6;1-3-2/h3-5H,2H2,1H3;3H,1-2H3. The second-order valence-corrected chi connectivity index (χ2v) is 2.97. The smallest absolute Gasteiger partial charge is 0.00424 e. The lowest BCUT2D eigenvalue weighted by atomic mass is 10.4. The van der Waals surface area contributed by atoms with Gasteiger partial charge in [0.05, 0.1) is 0 Å². The van der Waals surface area contributed by atoms with Crippen molar-refractivity contribution < 1.29 is 0 Å². The molecule has 0 bridgehead atoms. The molecule has 0 amide bonds. The van der Waals surface area contributed by atoms with Crippen molar-refractivity contribution in [1.82, 2.24) is 5.32 Å². The summed E-state index contributed by atoms with van der Waals surface area (Å²) in [6, 6.07) is 4.24. The molecule has 0 aliphatic rings. The maximum absolute atomic E-state index is 2.75. The van der Waals surface area contributed by atoms with Gasteiger partial charge in [0.1, 0.15) is 0 Å². The number of hydrogen-bond donors (Lipinski definition) is 1. The van der Waals surface area contributed by atoms with E-state index in [0.717, 1.165) is 0 Å². The van der Waals surface area contributed by atoms with E-state index < -0.39 is 0 Å². The topological polar surface area (TPSA) is 12.0 Å². The molecule has 0 spiro atoms. The number of hydrogen-bond acceptors (Lipinski definition) is 2. The largest absolute Gasteiger partial charge is 0.323 e. The molecule has 0 saturated carbocycles. The number of thiophene rings is 1. The van der Waals surface area contributed by atoms with Crippen molar-refractivity contribution in [3.63, 3.8) is 0 Å². The second kappa shape index (κ2) is 6.78. The summed E-state index contributed by atoms with van der Waals surface area (Å²) in [6.07, 6.45) is 1.18. The Bertz CT molecular complexity index is 135. The molecule has 1 N–H and O–H groups in total. The maximum Gasteiger partial charge on any atom is 0.00424 e. The van der Waals surface area contributed by atoms with Crippen molar-refractivity contribution in [3.8, 4) is 0 Å². The lowest BCUT2D eigenvalue weighted by molar-refractivity contribution is 1.02. The van der Waals surface area contributed by atoms with Gasteiger partial charge in [-0.05, 0) is 32.0 Å². The van der Waals surface area contributed by atoms with Crippen molar-refractivity contribution in [2.24, 2.45) is 0 Å². The Kier molecular flexibility index (Phi) is 6.55. The van der Waals surface area contributed by atoms with Crippen LogP contribution < -0.4 is 5.32 Å². The van der Waals surface area contributed by atoms with Gasteiger partial charge in [-0.15, -0.1) is 11.3 Å². The van der Waals surface area contributed by atoms with E-state index in [1.165, 1.54) is 11.3 Å². The minimum Gasteiger partial charge on any atom is -0.323 e. The van der Waals surface area contributed by atoms with Crippen LogP contribution in [0.4, 0.5) is 0 Å². The maximum atomic E-state index is 2.75. The first kappa shape index (κ1) is 9.66. The second-order valence-electron chi connectivity index (χ2n) is 1.93. The zero-order valence-electron chi connectivity index (χ0n) is 6.85. The molecule has 2 heteroatoms. The fourth-order valence-electron chi connectivity index (χ4n) is 0.514. The van der Waals surface area contributed by atoms with Gasteiger partial charge in [0.2, 0.25) is 0 Å². The minimum atomic E-state index is 1.18. The van der Waals surface area contributed by atoms with E-state index in [4.69, 9.17) is 0 Å². The van der Waals surface area contributed by atoms with Crippen molar-refractivity contribution in [2.45, 2.75) is 13.3 Å². The van der Waals surface area contributed by atoms with Crippen LogP contribution in [0.5, 0.6) is 0 Å².